The van der Waals surface area contributed by atoms with Crippen LogP contribution < -0.4 is 0 Å². The molecular weight excluding hydrogens is 332 g/mol. The van der Waals surface area contributed by atoms with Crippen LogP contribution in [0.1, 0.15) is 17.8 Å². The summed E-state index contributed by atoms with van der Waals surface area (Å²) >= 11 is 1.54. The Balaban J connectivity index is 1.86. The molecule has 0 aliphatic heterocycles. The second kappa shape index (κ2) is 8.44. The van der Waals surface area contributed by atoms with Gasteiger partial charge in [-0.25, -0.2) is 9.97 Å². The summed E-state index contributed by atoms with van der Waals surface area (Å²) in [6, 6.07) is 17.9. The lowest BCUT2D eigenvalue weighted by atomic mass is 10.2. The van der Waals surface area contributed by atoms with Crippen molar-refractivity contribution in [2.24, 2.45) is 0 Å². The third-order valence-electron chi connectivity index (χ3n) is 3.58. The topological polar surface area (TPSA) is 52.1 Å². The van der Waals surface area contributed by atoms with Gasteiger partial charge in [0.05, 0.1) is 19.0 Å². The van der Waals surface area contributed by atoms with E-state index >= 15 is 0 Å². The molecule has 2 aromatic carbocycles. The van der Waals surface area contributed by atoms with E-state index in [1.54, 1.807) is 11.8 Å². The summed E-state index contributed by atoms with van der Waals surface area (Å²) < 4.78 is 4.69. The Kier molecular flexibility index (Phi) is 5.80. The molecule has 0 saturated heterocycles. The van der Waals surface area contributed by atoms with Crippen LogP contribution in [0, 0.1) is 0 Å². The number of hydrogen-bond donors (Lipinski definition) is 0. The second-order valence-corrected chi connectivity index (χ2v) is 6.41. The van der Waals surface area contributed by atoms with Crippen LogP contribution in [0.2, 0.25) is 0 Å². The molecule has 5 heteroatoms. The van der Waals surface area contributed by atoms with Gasteiger partial charge in [-0.1, -0.05) is 54.6 Å². The van der Waals surface area contributed by atoms with Gasteiger partial charge in [-0.05, 0) is 17.7 Å². The minimum Gasteiger partial charge on any atom is -0.469 e. The van der Waals surface area contributed by atoms with Crippen molar-refractivity contribution in [3.05, 3.63) is 66.0 Å². The molecule has 25 heavy (non-hydrogen) atoms. The van der Waals surface area contributed by atoms with Crippen molar-refractivity contribution < 1.29 is 9.53 Å². The van der Waals surface area contributed by atoms with Crippen LogP contribution in [0.15, 0.2) is 59.6 Å². The highest BCUT2D eigenvalue weighted by atomic mass is 32.2. The zero-order valence-electron chi connectivity index (χ0n) is 13.9. The smallest absolute Gasteiger partial charge is 0.306 e. The zero-order chi connectivity index (χ0) is 17.5. The summed E-state index contributed by atoms with van der Waals surface area (Å²) in [4.78, 5) is 20.6. The van der Waals surface area contributed by atoms with Crippen molar-refractivity contribution in [2.75, 3.05) is 12.9 Å². The van der Waals surface area contributed by atoms with E-state index in [9.17, 15) is 4.79 Å². The maximum Gasteiger partial charge on any atom is 0.306 e. The maximum atomic E-state index is 11.3. The monoisotopic (exact) mass is 350 g/mol. The van der Waals surface area contributed by atoms with E-state index in [2.05, 4.69) is 9.97 Å². The van der Waals surface area contributed by atoms with E-state index in [-0.39, 0.29) is 5.97 Å². The summed E-state index contributed by atoms with van der Waals surface area (Å²) in [6.07, 6.45) is 4.26. The molecule has 0 bridgehead atoms. The Morgan fingerprint density at radius 3 is 2.60 bits per heavy atom. The lowest BCUT2D eigenvalue weighted by molar-refractivity contribution is -0.140. The van der Waals surface area contributed by atoms with Gasteiger partial charge in [0.1, 0.15) is 5.03 Å². The van der Waals surface area contributed by atoms with Crippen molar-refractivity contribution in [3.8, 4) is 0 Å². The average Bonchev–Trinajstić information content (AvgIpc) is 2.67. The molecule has 126 valence electrons. The van der Waals surface area contributed by atoms with Gasteiger partial charge in [-0.3, -0.25) is 4.79 Å². The Morgan fingerprint density at radius 1 is 1.04 bits per heavy atom. The average molecular weight is 350 g/mol. The fourth-order valence-electron chi connectivity index (χ4n) is 2.32. The largest absolute Gasteiger partial charge is 0.469 e. The lowest BCUT2D eigenvalue weighted by Gasteiger charge is -2.06. The fourth-order valence-corrected chi connectivity index (χ4v) is 3.27. The van der Waals surface area contributed by atoms with E-state index in [0.717, 1.165) is 21.5 Å². The molecule has 1 aromatic heterocycles. The minimum absolute atomic E-state index is 0.213. The van der Waals surface area contributed by atoms with Crippen LogP contribution in [0.5, 0.6) is 0 Å². The van der Waals surface area contributed by atoms with Gasteiger partial charge in [0, 0.05) is 11.1 Å². The van der Waals surface area contributed by atoms with Gasteiger partial charge in [-0.15, -0.1) is 11.8 Å². The summed E-state index contributed by atoms with van der Waals surface area (Å²) in [5.41, 5.74) is 1.99. The zero-order valence-corrected chi connectivity index (χ0v) is 14.7. The number of carbonyl (C=O) groups is 1. The van der Waals surface area contributed by atoms with E-state index in [1.165, 1.54) is 7.11 Å². The van der Waals surface area contributed by atoms with Gasteiger partial charge in [0.2, 0.25) is 0 Å². The van der Waals surface area contributed by atoms with Gasteiger partial charge in [-0.2, -0.15) is 0 Å². The van der Waals surface area contributed by atoms with Gasteiger partial charge in [0.15, 0.2) is 5.82 Å². The third-order valence-corrected chi connectivity index (χ3v) is 4.58. The van der Waals surface area contributed by atoms with Crippen molar-refractivity contribution in [3.63, 3.8) is 0 Å². The van der Waals surface area contributed by atoms with E-state index < -0.39 is 0 Å². The number of esters is 1. The van der Waals surface area contributed by atoms with Crippen molar-refractivity contribution >= 4 is 40.8 Å². The van der Waals surface area contributed by atoms with Crippen molar-refractivity contribution in [1.82, 2.24) is 9.97 Å². The number of methoxy groups -OCH3 is 1. The van der Waals surface area contributed by atoms with Crippen LogP contribution in [-0.4, -0.2) is 28.8 Å². The van der Waals surface area contributed by atoms with Crippen LogP contribution in [0.3, 0.4) is 0 Å². The molecule has 3 aromatic rings. The van der Waals surface area contributed by atoms with Gasteiger partial charge >= 0.3 is 5.97 Å². The van der Waals surface area contributed by atoms with Crippen LogP contribution >= 0.6 is 11.8 Å². The minimum atomic E-state index is -0.213. The number of nitrogens with zero attached hydrogens (tertiary/aromatic N) is 2. The summed E-state index contributed by atoms with van der Waals surface area (Å²) in [5.74, 6) is 1.06. The predicted octanol–water partition coefficient (Wildman–Crippen LogP) is 4.46. The molecule has 0 fully saturated rings. The SMILES string of the molecule is COC(=O)CCSc1nc(/C=C/c2ccccc2)nc2ccccc12. The van der Waals surface area contributed by atoms with Crippen molar-refractivity contribution in [1.29, 1.82) is 0 Å². The highest BCUT2D eigenvalue weighted by Crippen LogP contribution is 2.26. The molecule has 0 aliphatic carbocycles. The molecule has 3 rings (SSSR count). The quantitative estimate of drug-likeness (QED) is 0.373. The van der Waals surface area contributed by atoms with Gasteiger partial charge in [0.25, 0.3) is 0 Å². The Hall–Kier alpha value is -2.66. The van der Waals surface area contributed by atoms with Crippen LogP contribution in [-0.2, 0) is 9.53 Å². The molecule has 0 atom stereocenters. The number of aromatic nitrogens is 2. The van der Waals surface area contributed by atoms with Crippen LogP contribution in [0.4, 0.5) is 0 Å². The highest BCUT2D eigenvalue weighted by molar-refractivity contribution is 7.99. The van der Waals surface area contributed by atoms with Crippen molar-refractivity contribution in [2.45, 2.75) is 11.4 Å². The first-order valence-corrected chi connectivity index (χ1v) is 8.94. The second-order valence-electron chi connectivity index (χ2n) is 5.32. The molecule has 0 unspecified atom stereocenters. The number of para-hydroxylation sites is 1. The third kappa shape index (κ3) is 4.67. The lowest BCUT2D eigenvalue weighted by Crippen LogP contribution is -2.01. The fraction of sp³-hybridized carbons (Fsp3) is 0.150. The Morgan fingerprint density at radius 2 is 1.80 bits per heavy atom. The molecule has 0 spiro atoms. The molecule has 0 saturated carbocycles. The standard InChI is InChI=1S/C20H18N2O2S/c1-24-19(23)13-14-25-20-16-9-5-6-10-17(16)21-18(22-20)12-11-15-7-3-2-4-8-15/h2-12H,13-14H2,1H3/b12-11+. The number of thioether (sulfide) groups is 1. The molecular formula is C20H18N2O2S. The summed E-state index contributed by atoms with van der Waals surface area (Å²) in [7, 11) is 1.40. The maximum absolute atomic E-state index is 11.3. The number of fused-ring (bicyclic) bond motifs is 1. The molecule has 0 aliphatic rings. The summed E-state index contributed by atoms with van der Waals surface area (Å²) in [6.45, 7) is 0. The number of hydrogen-bond acceptors (Lipinski definition) is 5. The van der Waals surface area contributed by atoms with E-state index in [0.29, 0.717) is 18.0 Å². The first-order valence-electron chi connectivity index (χ1n) is 7.96. The van der Waals surface area contributed by atoms with Crippen LogP contribution in [0.25, 0.3) is 23.1 Å². The highest BCUT2D eigenvalue weighted by Gasteiger charge is 2.08. The molecule has 4 nitrogen and oxygen atoms in total. The van der Waals surface area contributed by atoms with Gasteiger partial charge < -0.3 is 4.74 Å². The van der Waals surface area contributed by atoms with E-state index in [1.807, 2.05) is 66.7 Å². The molecule has 0 amide bonds. The normalized spacial score (nSPS) is 11.1. The molecule has 0 N–H and O–H groups in total. The molecule has 0 radical (unpaired) electrons. The Labute approximate surface area is 151 Å². The number of ether oxygens (including phenoxy) is 1. The first kappa shape index (κ1) is 17.2. The number of benzene rings is 2. The predicted molar refractivity (Wildman–Crippen MR) is 102 cm³/mol. The number of carbonyl (C=O) groups excluding carboxylic acids is 1. The number of rotatable bonds is 6. The molecule has 1 heterocycles. The van der Waals surface area contributed by atoms with E-state index in [4.69, 9.17) is 4.74 Å². The summed E-state index contributed by atoms with van der Waals surface area (Å²) in [5, 5.41) is 1.87. The Bertz CT molecular complexity index is 895. The first-order chi connectivity index (χ1) is 12.3.